The van der Waals surface area contributed by atoms with Crippen LogP contribution >= 0.6 is 11.3 Å². The Morgan fingerprint density at radius 3 is 2.67 bits per heavy atom. The maximum absolute atomic E-state index is 14.0. The molecule has 0 N–H and O–H groups in total. The highest BCUT2D eigenvalue weighted by molar-refractivity contribution is 7.89. The molecule has 1 amide bonds. The molecule has 2 atom stereocenters. The maximum atomic E-state index is 14.0. The van der Waals surface area contributed by atoms with Crippen LogP contribution < -0.4 is 4.90 Å². The van der Waals surface area contributed by atoms with E-state index >= 15 is 0 Å². The third-order valence-corrected chi connectivity index (χ3v) is 10.0. The number of carbonyl (C=O) groups is 1. The molecule has 9 heteroatoms. The summed E-state index contributed by atoms with van der Waals surface area (Å²) >= 11 is 1.52. The number of sulfonamides is 1. The van der Waals surface area contributed by atoms with Gasteiger partial charge in [-0.25, -0.2) is 13.4 Å². The van der Waals surface area contributed by atoms with E-state index in [0.717, 1.165) is 28.6 Å². The number of carbonyl (C=O) groups excluding carboxylic acids is 1. The first-order valence-electron chi connectivity index (χ1n) is 12.7. The van der Waals surface area contributed by atoms with Crippen LogP contribution in [-0.4, -0.2) is 56.0 Å². The molecule has 2 aromatic carbocycles. The molecule has 2 unspecified atom stereocenters. The zero-order chi connectivity index (χ0) is 25.3. The number of nitrogens with zero attached hydrogens (tertiary/aromatic N) is 3. The Morgan fingerprint density at radius 1 is 1.14 bits per heavy atom. The van der Waals surface area contributed by atoms with Crippen LogP contribution in [0.15, 0.2) is 53.4 Å². The summed E-state index contributed by atoms with van der Waals surface area (Å²) in [5.74, 6) is -0.167. The maximum Gasteiger partial charge on any atom is 0.243 e. The highest BCUT2D eigenvalue weighted by atomic mass is 32.2. The molecule has 2 saturated heterocycles. The first kappa shape index (κ1) is 25.3. The number of amides is 1. The lowest BCUT2D eigenvalue weighted by Gasteiger charge is -2.34. The van der Waals surface area contributed by atoms with Crippen LogP contribution in [-0.2, 0) is 19.6 Å². The molecule has 0 saturated carbocycles. The third-order valence-electron chi connectivity index (χ3n) is 7.08. The van der Waals surface area contributed by atoms with Gasteiger partial charge in [0.05, 0.1) is 33.7 Å². The Labute approximate surface area is 217 Å². The highest BCUT2D eigenvalue weighted by Crippen LogP contribution is 2.35. The first-order valence-corrected chi connectivity index (χ1v) is 15.0. The van der Waals surface area contributed by atoms with E-state index in [9.17, 15) is 13.2 Å². The van der Waals surface area contributed by atoms with Crippen LogP contribution in [0.1, 0.15) is 51.0 Å². The third kappa shape index (κ3) is 5.07. The van der Waals surface area contributed by atoms with Crippen molar-refractivity contribution in [2.24, 2.45) is 5.92 Å². The molecule has 1 aromatic heterocycles. The van der Waals surface area contributed by atoms with Crippen molar-refractivity contribution < 1.29 is 17.9 Å². The monoisotopic (exact) mass is 527 g/mol. The average molecular weight is 528 g/mol. The molecule has 0 aliphatic carbocycles. The fourth-order valence-electron chi connectivity index (χ4n) is 5.12. The number of aromatic nitrogens is 1. The van der Waals surface area contributed by atoms with Gasteiger partial charge >= 0.3 is 0 Å². The van der Waals surface area contributed by atoms with E-state index in [0.29, 0.717) is 43.6 Å². The molecule has 5 rings (SSSR count). The van der Waals surface area contributed by atoms with Crippen molar-refractivity contribution in [2.75, 3.05) is 31.1 Å². The van der Waals surface area contributed by atoms with Crippen LogP contribution in [0.4, 0.5) is 5.13 Å². The van der Waals surface area contributed by atoms with E-state index in [-0.39, 0.29) is 23.5 Å². The van der Waals surface area contributed by atoms with Gasteiger partial charge in [-0.05, 0) is 55.4 Å². The van der Waals surface area contributed by atoms with Gasteiger partial charge < -0.3 is 4.74 Å². The Balaban J connectivity index is 1.44. The zero-order valence-electron chi connectivity index (χ0n) is 20.8. The van der Waals surface area contributed by atoms with Gasteiger partial charge in [0, 0.05) is 19.7 Å². The molecule has 3 heterocycles. The molecule has 192 valence electrons. The Kier molecular flexibility index (Phi) is 7.44. The summed E-state index contributed by atoms with van der Waals surface area (Å²) in [6, 6.07) is 14.6. The van der Waals surface area contributed by atoms with E-state index < -0.39 is 15.9 Å². The van der Waals surface area contributed by atoms with Gasteiger partial charge in [0.25, 0.3) is 0 Å². The molecule has 0 radical (unpaired) electrons. The highest BCUT2D eigenvalue weighted by Gasteiger charge is 2.37. The number of hydrogen-bond acceptors (Lipinski definition) is 6. The number of fused-ring (bicyclic) bond motifs is 1. The van der Waals surface area contributed by atoms with Crippen molar-refractivity contribution in [3.8, 4) is 0 Å². The van der Waals surface area contributed by atoms with Crippen molar-refractivity contribution >= 4 is 42.6 Å². The van der Waals surface area contributed by atoms with Crippen molar-refractivity contribution in [3.05, 3.63) is 54.1 Å². The molecule has 3 aromatic rings. The van der Waals surface area contributed by atoms with E-state index in [1.807, 2.05) is 12.1 Å². The van der Waals surface area contributed by atoms with E-state index in [1.165, 1.54) is 15.6 Å². The van der Waals surface area contributed by atoms with Gasteiger partial charge in [0.2, 0.25) is 15.9 Å². The number of hydrogen-bond donors (Lipinski definition) is 0. The fourth-order valence-corrected chi connectivity index (χ4v) is 7.68. The lowest BCUT2D eigenvalue weighted by molar-refractivity contribution is -0.123. The topological polar surface area (TPSA) is 79.8 Å². The van der Waals surface area contributed by atoms with Crippen LogP contribution in [0, 0.1) is 5.92 Å². The SMILES string of the molecule is CC(C)c1cccc2sc(N(CC3CCCO3)C(=O)C3CCCN(S(=O)(=O)c4ccccc4)C3)nc12. The average Bonchev–Trinajstić information content (AvgIpc) is 3.57. The molecule has 2 aliphatic rings. The first-order chi connectivity index (χ1) is 17.3. The van der Waals surface area contributed by atoms with Gasteiger partial charge in [-0.15, -0.1) is 0 Å². The number of ether oxygens (including phenoxy) is 1. The summed E-state index contributed by atoms with van der Waals surface area (Å²) in [4.78, 5) is 21.0. The molecule has 2 fully saturated rings. The second-order valence-electron chi connectivity index (χ2n) is 9.94. The number of thiazole rings is 1. The largest absolute Gasteiger partial charge is 0.376 e. The van der Waals surface area contributed by atoms with E-state index in [1.54, 1.807) is 35.2 Å². The number of rotatable bonds is 7. The summed E-state index contributed by atoms with van der Waals surface area (Å²) in [5.41, 5.74) is 2.10. The van der Waals surface area contributed by atoms with Crippen molar-refractivity contribution in [3.63, 3.8) is 0 Å². The van der Waals surface area contributed by atoms with E-state index in [2.05, 4.69) is 19.9 Å². The van der Waals surface area contributed by atoms with Crippen molar-refractivity contribution in [1.29, 1.82) is 0 Å². The Hall–Kier alpha value is -2.33. The van der Waals surface area contributed by atoms with Crippen LogP contribution in [0.25, 0.3) is 10.2 Å². The summed E-state index contributed by atoms with van der Waals surface area (Å²) in [5, 5.41) is 0.668. The van der Waals surface area contributed by atoms with Crippen LogP contribution in [0.2, 0.25) is 0 Å². The van der Waals surface area contributed by atoms with E-state index in [4.69, 9.17) is 9.72 Å². The summed E-state index contributed by atoms with van der Waals surface area (Å²) in [6.07, 6.45) is 3.16. The second-order valence-corrected chi connectivity index (χ2v) is 12.9. The molecule has 36 heavy (non-hydrogen) atoms. The number of para-hydroxylation sites is 1. The van der Waals surface area contributed by atoms with Crippen LogP contribution in [0.5, 0.6) is 0 Å². The summed E-state index contributed by atoms with van der Waals surface area (Å²) in [7, 11) is -3.65. The van der Waals surface area contributed by atoms with Crippen molar-refractivity contribution in [1.82, 2.24) is 9.29 Å². The van der Waals surface area contributed by atoms with Crippen molar-refractivity contribution in [2.45, 2.75) is 56.4 Å². The van der Waals surface area contributed by atoms with Gasteiger partial charge in [-0.3, -0.25) is 9.69 Å². The molecule has 0 bridgehead atoms. The molecule has 7 nitrogen and oxygen atoms in total. The molecule has 2 aliphatic heterocycles. The lowest BCUT2D eigenvalue weighted by Crippen LogP contribution is -2.48. The normalized spacial score (nSPS) is 21.3. The van der Waals surface area contributed by atoms with Gasteiger partial charge in [0.15, 0.2) is 5.13 Å². The molecule has 0 spiro atoms. The summed E-state index contributed by atoms with van der Waals surface area (Å²) < 4.78 is 34.9. The number of benzene rings is 2. The second kappa shape index (κ2) is 10.6. The predicted octanol–water partition coefficient (Wildman–Crippen LogP) is 5.03. The Morgan fingerprint density at radius 2 is 1.94 bits per heavy atom. The Bertz CT molecular complexity index is 1320. The van der Waals surface area contributed by atoms with Gasteiger partial charge in [0.1, 0.15) is 0 Å². The minimum Gasteiger partial charge on any atom is -0.376 e. The predicted molar refractivity (Wildman–Crippen MR) is 143 cm³/mol. The standard InChI is InChI=1S/C27H33N3O4S2/c1-19(2)23-13-6-14-24-25(23)28-27(35-24)30(18-21-10-8-16-34-21)26(31)20-9-7-15-29(17-20)36(32,33)22-11-4-3-5-12-22/h3-6,11-14,19-21H,7-10,15-18H2,1-2H3. The summed E-state index contributed by atoms with van der Waals surface area (Å²) in [6.45, 7) is 6.04. The van der Waals surface area contributed by atoms with Crippen LogP contribution in [0.3, 0.4) is 0 Å². The minimum absolute atomic E-state index is 0.0294. The minimum atomic E-state index is -3.65. The van der Waals surface area contributed by atoms with Gasteiger partial charge in [-0.2, -0.15) is 4.31 Å². The lowest BCUT2D eigenvalue weighted by atomic mass is 9.98. The number of anilines is 1. The molecular weight excluding hydrogens is 494 g/mol. The zero-order valence-corrected chi connectivity index (χ0v) is 22.4. The number of piperidine rings is 1. The molecular formula is C27H33N3O4S2. The quantitative estimate of drug-likeness (QED) is 0.430. The fraction of sp³-hybridized carbons (Fsp3) is 0.481. The smallest absolute Gasteiger partial charge is 0.243 e. The van der Waals surface area contributed by atoms with Gasteiger partial charge in [-0.1, -0.05) is 55.5 Å².